The highest BCUT2D eigenvalue weighted by Crippen LogP contribution is 1.98. The van der Waals surface area contributed by atoms with Crippen molar-refractivity contribution >= 4 is 12.0 Å². The van der Waals surface area contributed by atoms with E-state index in [-0.39, 0.29) is 12.6 Å². The molecule has 0 aliphatic carbocycles. The molecule has 0 aromatic rings. The van der Waals surface area contributed by atoms with Crippen LogP contribution in [0.5, 0.6) is 0 Å². The minimum absolute atomic E-state index is 0.281. The van der Waals surface area contributed by atoms with E-state index in [4.69, 9.17) is 9.84 Å². The van der Waals surface area contributed by atoms with Crippen LogP contribution in [0.1, 0.15) is 27.2 Å². The molecule has 0 aromatic heterocycles. The van der Waals surface area contributed by atoms with Crippen LogP contribution in [-0.4, -0.2) is 54.9 Å². The number of ether oxygens (including phenoxy) is 1. The monoisotopic (exact) mass is 260 g/mol. The maximum Gasteiger partial charge on any atom is 0.323 e. The minimum atomic E-state index is -1.01. The smallest absolute Gasteiger partial charge is 0.323 e. The molecule has 0 saturated heterocycles. The van der Waals surface area contributed by atoms with Gasteiger partial charge >= 0.3 is 12.0 Å². The van der Waals surface area contributed by atoms with E-state index in [2.05, 4.69) is 19.2 Å². The molecule has 0 bridgehead atoms. The first-order valence-electron chi connectivity index (χ1n) is 6.29. The Morgan fingerprint density at radius 1 is 1.33 bits per heavy atom. The van der Waals surface area contributed by atoms with Gasteiger partial charge in [0.05, 0.1) is 6.61 Å². The van der Waals surface area contributed by atoms with Crippen LogP contribution in [-0.2, 0) is 9.53 Å². The second kappa shape index (κ2) is 9.70. The van der Waals surface area contributed by atoms with Crippen LogP contribution in [0.2, 0.25) is 0 Å². The Balaban J connectivity index is 3.65. The van der Waals surface area contributed by atoms with Crippen molar-refractivity contribution in [2.45, 2.75) is 27.2 Å². The molecule has 18 heavy (non-hydrogen) atoms. The number of rotatable bonds is 9. The summed E-state index contributed by atoms with van der Waals surface area (Å²) >= 11 is 0. The predicted molar refractivity (Wildman–Crippen MR) is 68.6 cm³/mol. The molecule has 0 unspecified atom stereocenters. The molecule has 2 N–H and O–H groups in total. The summed E-state index contributed by atoms with van der Waals surface area (Å²) in [6, 6.07) is -0.368. The molecular weight excluding hydrogens is 236 g/mol. The molecule has 0 saturated carbocycles. The molecule has 6 nitrogen and oxygen atoms in total. The van der Waals surface area contributed by atoms with Crippen molar-refractivity contribution in [3.63, 3.8) is 0 Å². The number of carbonyl (C=O) groups excluding carboxylic acids is 1. The van der Waals surface area contributed by atoms with Crippen molar-refractivity contribution in [3.8, 4) is 0 Å². The molecule has 0 heterocycles. The first-order chi connectivity index (χ1) is 8.47. The summed E-state index contributed by atoms with van der Waals surface area (Å²) in [7, 11) is 0. The number of carboxylic acids is 1. The Labute approximate surface area is 108 Å². The molecule has 0 atom stereocenters. The van der Waals surface area contributed by atoms with Crippen LogP contribution in [0.3, 0.4) is 0 Å². The number of carbonyl (C=O) groups is 2. The Morgan fingerprint density at radius 2 is 2.00 bits per heavy atom. The van der Waals surface area contributed by atoms with Gasteiger partial charge in [0.1, 0.15) is 6.54 Å². The summed E-state index contributed by atoms with van der Waals surface area (Å²) in [6.07, 6.45) is 0.994. The number of nitrogens with one attached hydrogen (secondary N) is 1. The van der Waals surface area contributed by atoms with E-state index in [9.17, 15) is 9.59 Å². The Kier molecular flexibility index (Phi) is 9.00. The van der Waals surface area contributed by atoms with E-state index < -0.39 is 5.97 Å². The highest BCUT2D eigenvalue weighted by molar-refractivity contribution is 5.79. The van der Waals surface area contributed by atoms with E-state index in [1.807, 2.05) is 0 Å². The van der Waals surface area contributed by atoms with E-state index in [1.54, 1.807) is 6.92 Å². The van der Waals surface area contributed by atoms with Crippen molar-refractivity contribution in [2.24, 2.45) is 5.92 Å². The fraction of sp³-hybridized carbons (Fsp3) is 0.833. The molecule has 0 aromatic carbocycles. The van der Waals surface area contributed by atoms with Gasteiger partial charge in [0.2, 0.25) is 0 Å². The third kappa shape index (κ3) is 8.81. The molecule has 0 spiro atoms. The van der Waals surface area contributed by atoms with Crippen molar-refractivity contribution < 1.29 is 19.4 Å². The lowest BCUT2D eigenvalue weighted by molar-refractivity contribution is -0.137. The minimum Gasteiger partial charge on any atom is -0.480 e. The Bertz CT molecular complexity index is 256. The fourth-order valence-electron chi connectivity index (χ4n) is 1.25. The molecule has 106 valence electrons. The number of likely N-dealkylation sites (N-methyl/N-ethyl adjacent to an activating group) is 1. The van der Waals surface area contributed by atoms with Gasteiger partial charge in [0.25, 0.3) is 0 Å². The maximum atomic E-state index is 11.5. The average molecular weight is 260 g/mol. The van der Waals surface area contributed by atoms with E-state index in [1.165, 1.54) is 4.90 Å². The van der Waals surface area contributed by atoms with Gasteiger partial charge in [-0.3, -0.25) is 4.79 Å². The quantitative estimate of drug-likeness (QED) is 0.610. The summed E-state index contributed by atoms with van der Waals surface area (Å²) < 4.78 is 5.34. The van der Waals surface area contributed by atoms with Gasteiger partial charge in [0, 0.05) is 19.7 Å². The Hall–Kier alpha value is -1.30. The lowest BCUT2D eigenvalue weighted by Gasteiger charge is -2.19. The number of amides is 2. The third-order valence-corrected chi connectivity index (χ3v) is 2.36. The second-order valence-corrected chi connectivity index (χ2v) is 4.43. The van der Waals surface area contributed by atoms with Gasteiger partial charge in [-0.2, -0.15) is 0 Å². The SMILES string of the molecule is CCN(CC(=O)O)C(=O)NCCOCCC(C)C. The van der Waals surface area contributed by atoms with Gasteiger partial charge in [-0.25, -0.2) is 4.79 Å². The maximum absolute atomic E-state index is 11.5. The van der Waals surface area contributed by atoms with Crippen LogP contribution in [0, 0.1) is 5.92 Å². The summed E-state index contributed by atoms with van der Waals surface area (Å²) in [5, 5.41) is 11.2. The van der Waals surface area contributed by atoms with Crippen molar-refractivity contribution in [3.05, 3.63) is 0 Å². The van der Waals surface area contributed by atoms with Gasteiger partial charge < -0.3 is 20.1 Å². The Morgan fingerprint density at radius 3 is 2.50 bits per heavy atom. The van der Waals surface area contributed by atoms with Gasteiger partial charge in [0.15, 0.2) is 0 Å². The third-order valence-electron chi connectivity index (χ3n) is 2.36. The topological polar surface area (TPSA) is 78.9 Å². The molecule has 0 fully saturated rings. The van der Waals surface area contributed by atoms with Gasteiger partial charge in [-0.15, -0.1) is 0 Å². The zero-order chi connectivity index (χ0) is 14.0. The van der Waals surface area contributed by atoms with Gasteiger partial charge in [-0.05, 0) is 19.3 Å². The summed E-state index contributed by atoms with van der Waals surface area (Å²) in [4.78, 5) is 23.3. The van der Waals surface area contributed by atoms with Crippen molar-refractivity contribution in [1.82, 2.24) is 10.2 Å². The predicted octanol–water partition coefficient (Wildman–Crippen LogP) is 1.17. The fourth-order valence-corrected chi connectivity index (χ4v) is 1.25. The lowest BCUT2D eigenvalue weighted by atomic mass is 10.1. The highest BCUT2D eigenvalue weighted by Gasteiger charge is 2.13. The van der Waals surface area contributed by atoms with E-state index >= 15 is 0 Å². The molecule has 2 amide bonds. The normalized spacial score (nSPS) is 10.4. The molecule has 0 aliphatic rings. The number of carboxylic acid groups (broad SMARTS) is 1. The molecule has 6 heteroatoms. The van der Waals surface area contributed by atoms with E-state index in [0.29, 0.717) is 32.2 Å². The largest absolute Gasteiger partial charge is 0.480 e. The van der Waals surface area contributed by atoms with Gasteiger partial charge in [-0.1, -0.05) is 13.8 Å². The van der Waals surface area contributed by atoms with Crippen LogP contribution in [0.4, 0.5) is 4.79 Å². The number of aliphatic carboxylic acids is 1. The van der Waals surface area contributed by atoms with Crippen LogP contribution < -0.4 is 5.32 Å². The van der Waals surface area contributed by atoms with Crippen molar-refractivity contribution in [2.75, 3.05) is 32.8 Å². The van der Waals surface area contributed by atoms with E-state index in [0.717, 1.165) is 6.42 Å². The number of hydrogen-bond donors (Lipinski definition) is 2. The molecule has 0 radical (unpaired) electrons. The number of urea groups is 1. The average Bonchev–Trinajstić information content (AvgIpc) is 2.29. The first kappa shape index (κ1) is 16.7. The number of hydrogen-bond acceptors (Lipinski definition) is 3. The van der Waals surface area contributed by atoms with Crippen molar-refractivity contribution in [1.29, 1.82) is 0 Å². The zero-order valence-electron chi connectivity index (χ0n) is 11.4. The summed E-state index contributed by atoms with van der Waals surface area (Å²) in [6.45, 7) is 7.59. The highest BCUT2D eigenvalue weighted by atomic mass is 16.5. The molecule has 0 rings (SSSR count). The standard InChI is InChI=1S/C12H24N2O4/c1-4-14(9-11(15)16)12(17)13-6-8-18-7-5-10(2)3/h10H,4-9H2,1-3H3,(H,13,17)(H,15,16). The lowest BCUT2D eigenvalue weighted by Crippen LogP contribution is -2.43. The summed E-state index contributed by atoms with van der Waals surface area (Å²) in [5.74, 6) is -0.411. The second-order valence-electron chi connectivity index (χ2n) is 4.43. The zero-order valence-corrected chi connectivity index (χ0v) is 11.4. The van der Waals surface area contributed by atoms with Crippen LogP contribution in [0.25, 0.3) is 0 Å². The molecule has 0 aliphatic heterocycles. The summed E-state index contributed by atoms with van der Waals surface area (Å²) in [5.41, 5.74) is 0. The number of nitrogens with zero attached hydrogens (tertiary/aromatic N) is 1. The molecular formula is C12H24N2O4. The van der Waals surface area contributed by atoms with Crippen LogP contribution >= 0.6 is 0 Å². The first-order valence-corrected chi connectivity index (χ1v) is 6.29. The van der Waals surface area contributed by atoms with Crippen LogP contribution in [0.15, 0.2) is 0 Å².